The first kappa shape index (κ1) is 17.3. The number of carbonyl (C=O) groups is 3. The zero-order valence-corrected chi connectivity index (χ0v) is 13.1. The first-order valence-electron chi connectivity index (χ1n) is 7.36. The summed E-state index contributed by atoms with van der Waals surface area (Å²) in [5.74, 6) is -1.56. The molecule has 2 amide bonds. The fourth-order valence-corrected chi connectivity index (χ4v) is 2.07. The zero-order valence-electron chi connectivity index (χ0n) is 13.1. The van der Waals surface area contributed by atoms with Crippen molar-refractivity contribution in [2.45, 2.75) is 19.9 Å². The van der Waals surface area contributed by atoms with E-state index in [2.05, 4.69) is 10.6 Å². The maximum absolute atomic E-state index is 13.4. The molecule has 5 nitrogen and oxygen atoms in total. The van der Waals surface area contributed by atoms with E-state index in [1.54, 1.807) is 36.4 Å². The quantitative estimate of drug-likeness (QED) is 0.632. The van der Waals surface area contributed by atoms with Crippen LogP contribution in [0, 0.1) is 5.82 Å². The van der Waals surface area contributed by atoms with Crippen molar-refractivity contribution in [2.75, 3.05) is 5.32 Å². The Morgan fingerprint density at radius 1 is 1.00 bits per heavy atom. The van der Waals surface area contributed by atoms with Crippen molar-refractivity contribution in [3.63, 3.8) is 0 Å². The van der Waals surface area contributed by atoms with E-state index >= 15 is 0 Å². The second kappa shape index (κ2) is 8.01. The number of hydrogen-bond donors (Lipinski definition) is 2. The predicted octanol–water partition coefficient (Wildman–Crippen LogP) is 2.67. The Morgan fingerprint density at radius 2 is 1.75 bits per heavy atom. The smallest absolute Gasteiger partial charge is 0.233 e. The SMILES string of the molecule is CC(=O)c1cccc(NC(=O)CC(=O)NCc2ccccc2F)c1. The van der Waals surface area contributed by atoms with E-state index in [0.29, 0.717) is 16.8 Å². The summed E-state index contributed by atoms with van der Waals surface area (Å²) in [6, 6.07) is 12.5. The van der Waals surface area contributed by atoms with Crippen molar-refractivity contribution in [1.29, 1.82) is 0 Å². The van der Waals surface area contributed by atoms with Crippen molar-refractivity contribution in [3.8, 4) is 0 Å². The summed E-state index contributed by atoms with van der Waals surface area (Å²) in [7, 11) is 0. The highest BCUT2D eigenvalue weighted by atomic mass is 19.1. The molecule has 0 saturated heterocycles. The molecule has 0 spiro atoms. The number of rotatable bonds is 6. The van der Waals surface area contributed by atoms with Gasteiger partial charge in [0.2, 0.25) is 11.8 Å². The maximum atomic E-state index is 13.4. The Hall–Kier alpha value is -3.02. The van der Waals surface area contributed by atoms with Crippen LogP contribution >= 0.6 is 0 Å². The van der Waals surface area contributed by atoms with Gasteiger partial charge in [-0.1, -0.05) is 30.3 Å². The first-order chi connectivity index (χ1) is 11.5. The molecule has 0 aliphatic rings. The minimum Gasteiger partial charge on any atom is -0.351 e. The molecule has 0 aromatic heterocycles. The van der Waals surface area contributed by atoms with E-state index in [4.69, 9.17) is 0 Å². The number of Topliss-reactive ketones (excluding diaryl/α,β-unsaturated/α-hetero) is 1. The molecule has 2 aromatic carbocycles. The molecular weight excluding hydrogens is 311 g/mol. The van der Waals surface area contributed by atoms with Gasteiger partial charge in [-0.25, -0.2) is 4.39 Å². The van der Waals surface area contributed by atoms with E-state index in [-0.39, 0.29) is 12.3 Å². The first-order valence-corrected chi connectivity index (χ1v) is 7.36. The highest BCUT2D eigenvalue weighted by Crippen LogP contribution is 2.11. The molecule has 0 saturated carbocycles. The molecule has 2 N–H and O–H groups in total. The topological polar surface area (TPSA) is 75.3 Å². The molecule has 0 atom stereocenters. The molecule has 0 radical (unpaired) electrons. The summed E-state index contributed by atoms with van der Waals surface area (Å²) in [6.07, 6.45) is -0.390. The second-order valence-corrected chi connectivity index (χ2v) is 5.23. The minimum atomic E-state index is -0.515. The molecule has 24 heavy (non-hydrogen) atoms. The van der Waals surface area contributed by atoms with Gasteiger partial charge in [0.15, 0.2) is 5.78 Å². The van der Waals surface area contributed by atoms with Crippen LogP contribution in [-0.2, 0) is 16.1 Å². The Labute approximate surface area is 138 Å². The average molecular weight is 328 g/mol. The number of halogens is 1. The minimum absolute atomic E-state index is 0.0125. The van der Waals surface area contributed by atoms with E-state index in [1.807, 2.05) is 0 Å². The van der Waals surface area contributed by atoms with Gasteiger partial charge >= 0.3 is 0 Å². The van der Waals surface area contributed by atoms with Gasteiger partial charge in [0.1, 0.15) is 12.2 Å². The lowest BCUT2D eigenvalue weighted by molar-refractivity contribution is -0.126. The van der Waals surface area contributed by atoms with Gasteiger partial charge in [0, 0.05) is 23.4 Å². The van der Waals surface area contributed by atoms with Crippen LogP contribution in [0.4, 0.5) is 10.1 Å². The van der Waals surface area contributed by atoms with E-state index in [9.17, 15) is 18.8 Å². The third-order valence-corrected chi connectivity index (χ3v) is 3.31. The standard InChI is InChI=1S/C18H17FN2O3/c1-12(22)13-6-4-7-15(9-13)21-18(24)10-17(23)20-11-14-5-2-3-8-16(14)19/h2-9H,10-11H2,1H3,(H,20,23)(H,21,24). The number of ketones is 1. The summed E-state index contributed by atoms with van der Waals surface area (Å²) in [5, 5.41) is 5.04. The normalized spacial score (nSPS) is 10.1. The molecule has 0 aliphatic carbocycles. The van der Waals surface area contributed by atoms with Gasteiger partial charge in [0.05, 0.1) is 0 Å². The molecule has 6 heteroatoms. The summed E-state index contributed by atoms with van der Waals surface area (Å²) >= 11 is 0. The summed E-state index contributed by atoms with van der Waals surface area (Å²) in [4.78, 5) is 34.9. The molecule has 2 aromatic rings. The molecule has 0 bridgehead atoms. The highest BCUT2D eigenvalue weighted by Gasteiger charge is 2.11. The van der Waals surface area contributed by atoms with Crippen LogP contribution in [0.25, 0.3) is 0 Å². The lowest BCUT2D eigenvalue weighted by atomic mass is 10.1. The Bertz CT molecular complexity index is 774. The monoisotopic (exact) mass is 328 g/mol. The van der Waals surface area contributed by atoms with Crippen LogP contribution in [-0.4, -0.2) is 17.6 Å². The fraction of sp³-hybridized carbons (Fsp3) is 0.167. The van der Waals surface area contributed by atoms with Crippen LogP contribution < -0.4 is 10.6 Å². The molecule has 0 aliphatic heterocycles. The number of anilines is 1. The van der Waals surface area contributed by atoms with Crippen LogP contribution in [0.15, 0.2) is 48.5 Å². The molecule has 2 rings (SSSR count). The van der Waals surface area contributed by atoms with E-state index < -0.39 is 24.1 Å². The van der Waals surface area contributed by atoms with Crippen molar-refractivity contribution in [2.24, 2.45) is 0 Å². The van der Waals surface area contributed by atoms with Gasteiger partial charge in [-0.15, -0.1) is 0 Å². The molecule has 124 valence electrons. The zero-order chi connectivity index (χ0) is 17.5. The van der Waals surface area contributed by atoms with Crippen LogP contribution in [0.5, 0.6) is 0 Å². The number of nitrogens with one attached hydrogen (secondary N) is 2. The number of carbonyl (C=O) groups excluding carboxylic acids is 3. The van der Waals surface area contributed by atoms with Gasteiger partial charge in [-0.05, 0) is 25.1 Å². The molecule has 0 unspecified atom stereocenters. The third kappa shape index (κ3) is 5.01. The van der Waals surface area contributed by atoms with Crippen LogP contribution in [0.3, 0.4) is 0 Å². The maximum Gasteiger partial charge on any atom is 0.233 e. The number of amides is 2. The van der Waals surface area contributed by atoms with Crippen LogP contribution in [0.1, 0.15) is 29.3 Å². The van der Waals surface area contributed by atoms with Gasteiger partial charge in [-0.2, -0.15) is 0 Å². The number of benzene rings is 2. The summed E-state index contributed by atoms with van der Waals surface area (Å²) < 4.78 is 13.4. The largest absolute Gasteiger partial charge is 0.351 e. The molecular formula is C18H17FN2O3. The van der Waals surface area contributed by atoms with Gasteiger partial charge in [0.25, 0.3) is 0 Å². The van der Waals surface area contributed by atoms with Crippen molar-refractivity contribution < 1.29 is 18.8 Å². The second-order valence-electron chi connectivity index (χ2n) is 5.23. The average Bonchev–Trinajstić information content (AvgIpc) is 2.54. The fourth-order valence-electron chi connectivity index (χ4n) is 2.07. The molecule has 0 heterocycles. The Balaban J connectivity index is 1.86. The summed E-state index contributed by atoms with van der Waals surface area (Å²) in [5.41, 5.74) is 1.26. The Morgan fingerprint density at radius 3 is 2.46 bits per heavy atom. The molecule has 0 fully saturated rings. The van der Waals surface area contributed by atoms with E-state index in [1.165, 1.54) is 19.1 Å². The van der Waals surface area contributed by atoms with Crippen molar-refractivity contribution in [3.05, 3.63) is 65.5 Å². The lowest BCUT2D eigenvalue weighted by Crippen LogP contribution is -2.28. The number of hydrogen-bond acceptors (Lipinski definition) is 3. The summed E-state index contributed by atoms with van der Waals surface area (Å²) in [6.45, 7) is 1.44. The van der Waals surface area contributed by atoms with Gasteiger partial charge in [-0.3, -0.25) is 14.4 Å². The van der Waals surface area contributed by atoms with E-state index in [0.717, 1.165) is 0 Å². The van der Waals surface area contributed by atoms with Crippen LogP contribution in [0.2, 0.25) is 0 Å². The lowest BCUT2D eigenvalue weighted by Gasteiger charge is -2.08. The van der Waals surface area contributed by atoms with Crippen molar-refractivity contribution in [1.82, 2.24) is 5.32 Å². The Kier molecular flexibility index (Phi) is 5.78. The van der Waals surface area contributed by atoms with Gasteiger partial charge < -0.3 is 10.6 Å². The van der Waals surface area contributed by atoms with Crippen molar-refractivity contribution >= 4 is 23.3 Å². The third-order valence-electron chi connectivity index (χ3n) is 3.31. The highest BCUT2D eigenvalue weighted by molar-refractivity contribution is 6.04. The predicted molar refractivity (Wildman–Crippen MR) is 87.9 cm³/mol.